The van der Waals surface area contributed by atoms with Gasteiger partial charge in [0.1, 0.15) is 5.82 Å². The fourth-order valence-corrected chi connectivity index (χ4v) is 2.13. The molecule has 1 N–H and O–H groups in total. The standard InChI is InChI=1S/C14H18ClN3/c1-3-18-8-7-16-14(18)10-17-11(2)12-5-4-6-13(15)9-12/h4-9,11,17H,3,10H2,1-2H3/t11-/m1/s1. The van der Waals surface area contributed by atoms with E-state index in [-0.39, 0.29) is 6.04 Å². The summed E-state index contributed by atoms with van der Waals surface area (Å²) in [6.45, 7) is 5.95. The fraction of sp³-hybridized carbons (Fsp3) is 0.357. The number of aromatic nitrogens is 2. The Morgan fingerprint density at radius 3 is 3.00 bits per heavy atom. The predicted octanol–water partition coefficient (Wildman–Crippen LogP) is 3.41. The van der Waals surface area contributed by atoms with Crippen LogP contribution >= 0.6 is 11.6 Å². The third-order valence-corrected chi connectivity index (χ3v) is 3.29. The Labute approximate surface area is 113 Å². The van der Waals surface area contributed by atoms with Gasteiger partial charge in [-0.25, -0.2) is 4.98 Å². The monoisotopic (exact) mass is 263 g/mol. The highest BCUT2D eigenvalue weighted by molar-refractivity contribution is 6.30. The van der Waals surface area contributed by atoms with Crippen LogP contribution in [0.1, 0.15) is 31.3 Å². The van der Waals surface area contributed by atoms with Gasteiger partial charge in [0.05, 0.1) is 6.54 Å². The molecule has 0 aliphatic carbocycles. The van der Waals surface area contributed by atoms with Crippen molar-refractivity contribution in [3.8, 4) is 0 Å². The molecule has 0 saturated heterocycles. The minimum absolute atomic E-state index is 0.255. The van der Waals surface area contributed by atoms with Gasteiger partial charge in [-0.15, -0.1) is 0 Å². The molecular formula is C14H18ClN3. The molecule has 1 heterocycles. The van der Waals surface area contributed by atoms with Crippen LogP contribution in [0.3, 0.4) is 0 Å². The van der Waals surface area contributed by atoms with Gasteiger partial charge in [-0.1, -0.05) is 23.7 Å². The number of halogens is 1. The van der Waals surface area contributed by atoms with Gasteiger partial charge in [0, 0.05) is 30.0 Å². The lowest BCUT2D eigenvalue weighted by Gasteiger charge is -2.14. The number of hydrogen-bond acceptors (Lipinski definition) is 2. The van der Waals surface area contributed by atoms with Crippen molar-refractivity contribution in [1.82, 2.24) is 14.9 Å². The predicted molar refractivity (Wildman–Crippen MR) is 74.6 cm³/mol. The number of hydrogen-bond donors (Lipinski definition) is 1. The van der Waals surface area contributed by atoms with E-state index < -0.39 is 0 Å². The molecule has 0 amide bonds. The molecule has 4 heteroatoms. The lowest BCUT2D eigenvalue weighted by atomic mass is 10.1. The smallest absolute Gasteiger partial charge is 0.122 e. The van der Waals surface area contributed by atoms with Crippen LogP contribution in [-0.2, 0) is 13.1 Å². The van der Waals surface area contributed by atoms with E-state index in [1.807, 2.05) is 30.6 Å². The van der Waals surface area contributed by atoms with Crippen LogP contribution in [0, 0.1) is 0 Å². The van der Waals surface area contributed by atoms with E-state index in [1.54, 1.807) is 0 Å². The fourth-order valence-electron chi connectivity index (χ4n) is 1.93. The zero-order valence-corrected chi connectivity index (χ0v) is 11.5. The number of aryl methyl sites for hydroxylation is 1. The highest BCUT2D eigenvalue weighted by atomic mass is 35.5. The van der Waals surface area contributed by atoms with E-state index in [9.17, 15) is 0 Å². The van der Waals surface area contributed by atoms with Crippen LogP contribution in [-0.4, -0.2) is 9.55 Å². The summed E-state index contributed by atoms with van der Waals surface area (Å²) in [6, 6.07) is 8.19. The first-order chi connectivity index (χ1) is 8.70. The van der Waals surface area contributed by atoms with Gasteiger partial charge in [-0.05, 0) is 31.5 Å². The maximum atomic E-state index is 5.99. The first-order valence-electron chi connectivity index (χ1n) is 6.19. The van der Waals surface area contributed by atoms with Crippen LogP contribution in [0.4, 0.5) is 0 Å². The Morgan fingerprint density at radius 2 is 2.28 bits per heavy atom. The van der Waals surface area contributed by atoms with E-state index in [0.29, 0.717) is 0 Å². The third-order valence-electron chi connectivity index (χ3n) is 3.06. The van der Waals surface area contributed by atoms with Gasteiger partial charge in [-0.3, -0.25) is 0 Å². The Kier molecular flexibility index (Phi) is 4.39. The van der Waals surface area contributed by atoms with Crippen LogP contribution in [0.5, 0.6) is 0 Å². The van der Waals surface area contributed by atoms with Crippen LogP contribution in [0.2, 0.25) is 5.02 Å². The van der Waals surface area contributed by atoms with Gasteiger partial charge in [-0.2, -0.15) is 0 Å². The molecule has 1 aromatic carbocycles. The Balaban J connectivity index is 1.98. The van der Waals surface area contributed by atoms with Gasteiger partial charge < -0.3 is 9.88 Å². The molecule has 0 unspecified atom stereocenters. The summed E-state index contributed by atoms with van der Waals surface area (Å²) in [6.07, 6.45) is 3.84. The Bertz CT molecular complexity index is 507. The lowest BCUT2D eigenvalue weighted by Crippen LogP contribution is -2.20. The van der Waals surface area contributed by atoms with Crippen molar-refractivity contribution < 1.29 is 0 Å². The second-order valence-corrected chi connectivity index (χ2v) is 4.72. The zero-order chi connectivity index (χ0) is 13.0. The summed E-state index contributed by atoms with van der Waals surface area (Å²) < 4.78 is 2.14. The second-order valence-electron chi connectivity index (χ2n) is 4.29. The van der Waals surface area contributed by atoms with Crippen molar-refractivity contribution in [2.45, 2.75) is 33.0 Å². The molecule has 0 saturated carbocycles. The number of benzene rings is 1. The van der Waals surface area contributed by atoms with E-state index in [1.165, 1.54) is 5.56 Å². The average molecular weight is 264 g/mol. The normalized spacial score (nSPS) is 12.6. The van der Waals surface area contributed by atoms with Gasteiger partial charge in [0.2, 0.25) is 0 Å². The minimum Gasteiger partial charge on any atom is -0.334 e. The molecule has 96 valence electrons. The van der Waals surface area contributed by atoms with Gasteiger partial charge in [0.25, 0.3) is 0 Å². The summed E-state index contributed by atoms with van der Waals surface area (Å²) in [5, 5.41) is 4.24. The summed E-state index contributed by atoms with van der Waals surface area (Å²) in [5.41, 5.74) is 1.19. The molecule has 0 fully saturated rings. The largest absolute Gasteiger partial charge is 0.334 e. The topological polar surface area (TPSA) is 29.9 Å². The van der Waals surface area contributed by atoms with Gasteiger partial charge in [0.15, 0.2) is 0 Å². The summed E-state index contributed by atoms with van der Waals surface area (Å²) >= 11 is 5.99. The van der Waals surface area contributed by atoms with Crippen molar-refractivity contribution in [2.24, 2.45) is 0 Å². The van der Waals surface area contributed by atoms with Crippen LogP contribution in [0.15, 0.2) is 36.7 Å². The molecule has 2 rings (SSSR count). The molecule has 1 atom stereocenters. The van der Waals surface area contributed by atoms with Crippen molar-refractivity contribution in [3.05, 3.63) is 53.1 Å². The van der Waals surface area contributed by atoms with Crippen molar-refractivity contribution in [2.75, 3.05) is 0 Å². The minimum atomic E-state index is 0.255. The van der Waals surface area contributed by atoms with Crippen molar-refractivity contribution in [1.29, 1.82) is 0 Å². The van der Waals surface area contributed by atoms with E-state index >= 15 is 0 Å². The first-order valence-corrected chi connectivity index (χ1v) is 6.57. The van der Waals surface area contributed by atoms with E-state index in [2.05, 4.69) is 34.8 Å². The third kappa shape index (κ3) is 3.12. The highest BCUT2D eigenvalue weighted by Gasteiger charge is 2.07. The average Bonchev–Trinajstić information content (AvgIpc) is 2.83. The maximum Gasteiger partial charge on any atom is 0.122 e. The lowest BCUT2D eigenvalue weighted by molar-refractivity contribution is 0.540. The number of nitrogens with one attached hydrogen (secondary N) is 1. The number of nitrogens with zero attached hydrogens (tertiary/aromatic N) is 2. The SMILES string of the molecule is CCn1ccnc1CN[C@H](C)c1cccc(Cl)c1. The molecule has 0 aliphatic rings. The van der Waals surface area contributed by atoms with Crippen molar-refractivity contribution in [3.63, 3.8) is 0 Å². The number of rotatable bonds is 5. The van der Waals surface area contributed by atoms with Gasteiger partial charge >= 0.3 is 0 Å². The zero-order valence-electron chi connectivity index (χ0n) is 10.7. The molecule has 2 aromatic rings. The molecule has 0 bridgehead atoms. The van der Waals surface area contributed by atoms with Crippen LogP contribution in [0.25, 0.3) is 0 Å². The van der Waals surface area contributed by atoms with E-state index in [4.69, 9.17) is 11.6 Å². The summed E-state index contributed by atoms with van der Waals surface area (Å²) in [7, 11) is 0. The van der Waals surface area contributed by atoms with Crippen molar-refractivity contribution >= 4 is 11.6 Å². The summed E-state index contributed by atoms with van der Waals surface area (Å²) in [4.78, 5) is 4.34. The molecular weight excluding hydrogens is 246 g/mol. The maximum absolute atomic E-state index is 5.99. The molecule has 0 aliphatic heterocycles. The van der Waals surface area contributed by atoms with Crippen LogP contribution < -0.4 is 5.32 Å². The Hall–Kier alpha value is -1.32. The molecule has 3 nitrogen and oxygen atoms in total. The molecule has 1 aromatic heterocycles. The molecule has 0 spiro atoms. The molecule has 18 heavy (non-hydrogen) atoms. The molecule has 0 radical (unpaired) electrons. The quantitative estimate of drug-likeness (QED) is 0.896. The van der Waals surface area contributed by atoms with E-state index in [0.717, 1.165) is 23.9 Å². The Morgan fingerprint density at radius 1 is 1.44 bits per heavy atom. The number of imidazole rings is 1. The second kappa shape index (κ2) is 6.03. The summed E-state index contributed by atoms with van der Waals surface area (Å²) in [5.74, 6) is 1.06. The first kappa shape index (κ1) is 13.1. The highest BCUT2D eigenvalue weighted by Crippen LogP contribution is 2.17.